The van der Waals surface area contributed by atoms with E-state index in [1.807, 2.05) is 25.1 Å². The Morgan fingerprint density at radius 2 is 1.71 bits per heavy atom. The molecule has 0 heterocycles. The first-order chi connectivity index (χ1) is 10.1. The van der Waals surface area contributed by atoms with Gasteiger partial charge in [0, 0.05) is 12.0 Å². The van der Waals surface area contributed by atoms with Gasteiger partial charge in [-0.25, -0.2) is 0 Å². The molecule has 0 radical (unpaired) electrons. The fraction of sp³-hybridized carbons (Fsp3) is 0.529. The standard InChI is InChI=1S/C17H23NO3/c1-12(11-13-5-3-2-4-6-13)18-16(19)14-7-9-15(10-8-14)17(20)21/h2-6,12,14-15H,7-11H2,1H3,(H,18,19)(H,20,21). The average molecular weight is 289 g/mol. The van der Waals surface area contributed by atoms with E-state index in [1.54, 1.807) is 0 Å². The Hall–Kier alpha value is -1.84. The molecule has 21 heavy (non-hydrogen) atoms. The van der Waals surface area contributed by atoms with Crippen LogP contribution in [0.25, 0.3) is 0 Å². The molecule has 1 aliphatic rings. The van der Waals surface area contributed by atoms with E-state index < -0.39 is 5.97 Å². The number of carbonyl (C=O) groups is 2. The third kappa shape index (κ3) is 4.59. The Kier molecular flexibility index (Phi) is 5.37. The summed E-state index contributed by atoms with van der Waals surface area (Å²) in [5, 5.41) is 12.0. The molecule has 2 rings (SSSR count). The quantitative estimate of drug-likeness (QED) is 0.875. The minimum absolute atomic E-state index is 0.0289. The summed E-state index contributed by atoms with van der Waals surface area (Å²) in [6.45, 7) is 2.01. The van der Waals surface area contributed by atoms with Crippen LogP contribution in [0, 0.1) is 11.8 Å². The highest BCUT2D eigenvalue weighted by Crippen LogP contribution is 2.29. The molecule has 0 aromatic heterocycles. The van der Waals surface area contributed by atoms with Crippen LogP contribution in [0.3, 0.4) is 0 Å². The molecule has 4 heteroatoms. The highest BCUT2D eigenvalue weighted by Gasteiger charge is 2.30. The summed E-state index contributed by atoms with van der Waals surface area (Å²) in [5.74, 6) is -0.955. The van der Waals surface area contributed by atoms with Gasteiger partial charge in [0.05, 0.1) is 5.92 Å². The zero-order valence-electron chi connectivity index (χ0n) is 12.4. The second-order valence-electron chi connectivity index (χ2n) is 5.99. The predicted octanol–water partition coefficient (Wildman–Crippen LogP) is 2.62. The molecule has 0 aliphatic heterocycles. The van der Waals surface area contributed by atoms with Gasteiger partial charge < -0.3 is 10.4 Å². The monoisotopic (exact) mass is 289 g/mol. The van der Waals surface area contributed by atoms with E-state index in [9.17, 15) is 9.59 Å². The topological polar surface area (TPSA) is 66.4 Å². The summed E-state index contributed by atoms with van der Waals surface area (Å²) in [7, 11) is 0. The normalized spacial score (nSPS) is 23.3. The van der Waals surface area contributed by atoms with E-state index in [4.69, 9.17) is 5.11 Å². The van der Waals surface area contributed by atoms with E-state index in [0.29, 0.717) is 25.7 Å². The molecule has 2 N–H and O–H groups in total. The zero-order valence-corrected chi connectivity index (χ0v) is 12.4. The van der Waals surface area contributed by atoms with Crippen molar-refractivity contribution < 1.29 is 14.7 Å². The Morgan fingerprint density at radius 1 is 1.14 bits per heavy atom. The van der Waals surface area contributed by atoms with Crippen LogP contribution in [0.5, 0.6) is 0 Å². The third-order valence-corrected chi connectivity index (χ3v) is 4.22. The van der Waals surface area contributed by atoms with Crippen LogP contribution in [-0.4, -0.2) is 23.0 Å². The summed E-state index contributed by atoms with van der Waals surface area (Å²) < 4.78 is 0. The number of hydrogen-bond donors (Lipinski definition) is 2. The van der Waals surface area contributed by atoms with Gasteiger partial charge in [-0.15, -0.1) is 0 Å². The fourth-order valence-electron chi connectivity index (χ4n) is 2.98. The van der Waals surface area contributed by atoms with Crippen LogP contribution in [-0.2, 0) is 16.0 Å². The van der Waals surface area contributed by atoms with Gasteiger partial charge in [0.15, 0.2) is 0 Å². The molecule has 4 nitrogen and oxygen atoms in total. The Balaban J connectivity index is 1.78. The number of carboxylic acid groups (broad SMARTS) is 1. The molecule has 1 aromatic rings. The molecule has 1 fully saturated rings. The molecular weight excluding hydrogens is 266 g/mol. The van der Waals surface area contributed by atoms with Crippen LogP contribution in [0.1, 0.15) is 38.2 Å². The maximum atomic E-state index is 12.2. The van der Waals surface area contributed by atoms with Crippen molar-refractivity contribution in [3.63, 3.8) is 0 Å². The number of carboxylic acids is 1. The van der Waals surface area contributed by atoms with Crippen molar-refractivity contribution >= 4 is 11.9 Å². The van der Waals surface area contributed by atoms with Crippen molar-refractivity contribution in [1.82, 2.24) is 5.32 Å². The van der Waals surface area contributed by atoms with Crippen molar-refractivity contribution in [3.8, 4) is 0 Å². The van der Waals surface area contributed by atoms with Crippen molar-refractivity contribution in [2.75, 3.05) is 0 Å². The van der Waals surface area contributed by atoms with Crippen LogP contribution < -0.4 is 5.32 Å². The van der Waals surface area contributed by atoms with Crippen LogP contribution in [0.15, 0.2) is 30.3 Å². The van der Waals surface area contributed by atoms with Gasteiger partial charge in [-0.05, 0) is 44.6 Å². The van der Waals surface area contributed by atoms with Crippen molar-refractivity contribution in [1.29, 1.82) is 0 Å². The Bertz CT molecular complexity index is 478. The van der Waals surface area contributed by atoms with Gasteiger partial charge in [-0.1, -0.05) is 30.3 Å². The minimum Gasteiger partial charge on any atom is -0.481 e. The molecule has 1 amide bonds. The summed E-state index contributed by atoms with van der Waals surface area (Å²) in [6, 6.07) is 10.2. The zero-order chi connectivity index (χ0) is 15.2. The lowest BCUT2D eigenvalue weighted by Gasteiger charge is -2.26. The molecule has 0 saturated heterocycles. The first kappa shape index (κ1) is 15.5. The van der Waals surface area contributed by atoms with Crippen LogP contribution >= 0.6 is 0 Å². The van der Waals surface area contributed by atoms with Crippen LogP contribution in [0.4, 0.5) is 0 Å². The van der Waals surface area contributed by atoms with E-state index in [2.05, 4.69) is 17.4 Å². The van der Waals surface area contributed by atoms with Gasteiger partial charge in [-0.3, -0.25) is 9.59 Å². The smallest absolute Gasteiger partial charge is 0.306 e. The number of nitrogens with one attached hydrogen (secondary N) is 1. The van der Waals surface area contributed by atoms with Gasteiger partial charge in [0.2, 0.25) is 5.91 Å². The number of benzene rings is 1. The molecule has 1 saturated carbocycles. The maximum absolute atomic E-state index is 12.2. The van der Waals surface area contributed by atoms with Gasteiger partial charge in [0.1, 0.15) is 0 Å². The summed E-state index contributed by atoms with van der Waals surface area (Å²) >= 11 is 0. The molecule has 0 bridgehead atoms. The second-order valence-corrected chi connectivity index (χ2v) is 5.99. The molecule has 0 spiro atoms. The number of aliphatic carboxylic acids is 1. The summed E-state index contributed by atoms with van der Waals surface area (Å²) in [6.07, 6.45) is 3.40. The average Bonchev–Trinajstić information content (AvgIpc) is 2.48. The van der Waals surface area contributed by atoms with Crippen molar-refractivity contribution in [3.05, 3.63) is 35.9 Å². The van der Waals surface area contributed by atoms with Crippen molar-refractivity contribution in [2.24, 2.45) is 11.8 Å². The van der Waals surface area contributed by atoms with E-state index in [0.717, 1.165) is 6.42 Å². The molecule has 1 atom stereocenters. The number of rotatable bonds is 5. The number of amides is 1. The van der Waals surface area contributed by atoms with Crippen LogP contribution in [0.2, 0.25) is 0 Å². The lowest BCUT2D eigenvalue weighted by molar-refractivity contribution is -0.144. The number of hydrogen-bond acceptors (Lipinski definition) is 2. The van der Waals surface area contributed by atoms with Gasteiger partial charge in [-0.2, -0.15) is 0 Å². The van der Waals surface area contributed by atoms with Gasteiger partial charge >= 0.3 is 5.97 Å². The lowest BCUT2D eigenvalue weighted by atomic mass is 9.81. The Labute approximate surface area is 125 Å². The third-order valence-electron chi connectivity index (χ3n) is 4.22. The molecule has 114 valence electrons. The SMILES string of the molecule is CC(Cc1ccccc1)NC(=O)C1CCC(C(=O)O)CC1. The molecular formula is C17H23NO3. The first-order valence-electron chi connectivity index (χ1n) is 7.63. The summed E-state index contributed by atoms with van der Waals surface area (Å²) in [5.41, 5.74) is 1.21. The molecule has 1 aromatic carbocycles. The van der Waals surface area contributed by atoms with Gasteiger partial charge in [0.25, 0.3) is 0 Å². The first-order valence-corrected chi connectivity index (χ1v) is 7.63. The number of carbonyl (C=O) groups excluding carboxylic acids is 1. The second kappa shape index (κ2) is 7.25. The Morgan fingerprint density at radius 3 is 2.29 bits per heavy atom. The van der Waals surface area contributed by atoms with E-state index in [1.165, 1.54) is 5.56 Å². The minimum atomic E-state index is -0.730. The van der Waals surface area contributed by atoms with E-state index in [-0.39, 0.29) is 23.8 Å². The lowest BCUT2D eigenvalue weighted by Crippen LogP contribution is -2.40. The predicted molar refractivity (Wildman–Crippen MR) is 80.8 cm³/mol. The van der Waals surface area contributed by atoms with E-state index >= 15 is 0 Å². The van der Waals surface area contributed by atoms with Crippen molar-refractivity contribution in [2.45, 2.75) is 45.1 Å². The highest BCUT2D eigenvalue weighted by atomic mass is 16.4. The molecule has 1 aliphatic carbocycles. The largest absolute Gasteiger partial charge is 0.481 e. The maximum Gasteiger partial charge on any atom is 0.306 e. The fourth-order valence-corrected chi connectivity index (χ4v) is 2.98. The summed E-state index contributed by atoms with van der Waals surface area (Å²) in [4.78, 5) is 23.1. The highest BCUT2D eigenvalue weighted by molar-refractivity contribution is 5.79. The molecule has 1 unspecified atom stereocenters.